The summed E-state index contributed by atoms with van der Waals surface area (Å²) in [5, 5.41) is 3.01. The molecule has 1 aromatic carbocycles. The average molecular weight is 355 g/mol. The lowest BCUT2D eigenvalue weighted by Crippen LogP contribution is -2.39. The molecule has 2 amide bonds. The van der Waals surface area contributed by atoms with Crippen LogP contribution >= 0.6 is 0 Å². The van der Waals surface area contributed by atoms with E-state index in [4.69, 9.17) is 9.47 Å². The topological polar surface area (TPSA) is 63.7 Å². The van der Waals surface area contributed by atoms with Crippen LogP contribution in [0, 0.1) is 0 Å². The monoisotopic (exact) mass is 355 g/mol. The highest BCUT2D eigenvalue weighted by molar-refractivity contribution is 5.74. The second-order valence-electron chi connectivity index (χ2n) is 6.38. The number of ether oxygens (including phenoxy) is 2. The van der Waals surface area contributed by atoms with Crippen LogP contribution in [0.15, 0.2) is 42.7 Å². The van der Waals surface area contributed by atoms with Crippen LogP contribution in [-0.2, 0) is 6.42 Å². The molecule has 1 aliphatic heterocycles. The molecule has 2 aromatic rings. The number of nitrogens with zero attached hydrogens (tertiary/aromatic N) is 2. The Balaban J connectivity index is 1.47. The fraction of sp³-hybridized carbons (Fsp3) is 0.400. The molecule has 1 aliphatic rings. The smallest absolute Gasteiger partial charge is 0.317 e. The Morgan fingerprint density at radius 3 is 2.69 bits per heavy atom. The van der Waals surface area contributed by atoms with Crippen molar-refractivity contribution in [1.82, 2.24) is 15.2 Å². The summed E-state index contributed by atoms with van der Waals surface area (Å²) in [7, 11) is 3.24. The van der Waals surface area contributed by atoms with Gasteiger partial charge in [0.05, 0.1) is 14.2 Å². The molecule has 1 N–H and O–H groups in total. The summed E-state index contributed by atoms with van der Waals surface area (Å²) in [5.41, 5.74) is 2.35. The van der Waals surface area contributed by atoms with Gasteiger partial charge in [0.15, 0.2) is 11.5 Å². The van der Waals surface area contributed by atoms with Gasteiger partial charge in [-0.2, -0.15) is 0 Å². The first-order valence-electron chi connectivity index (χ1n) is 8.85. The average Bonchev–Trinajstić information content (AvgIpc) is 3.19. The lowest BCUT2D eigenvalue weighted by atomic mass is 10.00. The number of carbonyl (C=O) groups excluding carboxylic acids is 1. The quantitative estimate of drug-likeness (QED) is 0.865. The molecular weight excluding hydrogens is 330 g/mol. The number of rotatable bonds is 6. The van der Waals surface area contributed by atoms with Crippen molar-refractivity contribution in [3.8, 4) is 11.5 Å². The number of nitrogens with one attached hydrogen (secondary N) is 1. The Morgan fingerprint density at radius 2 is 1.96 bits per heavy atom. The zero-order chi connectivity index (χ0) is 18.4. The highest BCUT2D eigenvalue weighted by atomic mass is 16.5. The van der Waals surface area contributed by atoms with Gasteiger partial charge in [0, 0.05) is 37.9 Å². The summed E-state index contributed by atoms with van der Waals surface area (Å²) >= 11 is 0. The van der Waals surface area contributed by atoms with Crippen LogP contribution in [0.2, 0.25) is 0 Å². The zero-order valence-electron chi connectivity index (χ0n) is 15.3. The maximum atomic E-state index is 12.4. The van der Waals surface area contributed by atoms with E-state index < -0.39 is 0 Å². The van der Waals surface area contributed by atoms with Gasteiger partial charge < -0.3 is 19.7 Å². The van der Waals surface area contributed by atoms with Gasteiger partial charge in [0.2, 0.25) is 0 Å². The molecule has 2 heterocycles. The fourth-order valence-electron chi connectivity index (χ4n) is 3.31. The molecule has 0 bridgehead atoms. The van der Waals surface area contributed by atoms with Crippen molar-refractivity contribution in [3.05, 3.63) is 53.9 Å². The van der Waals surface area contributed by atoms with Crippen molar-refractivity contribution < 1.29 is 14.3 Å². The van der Waals surface area contributed by atoms with Gasteiger partial charge in [-0.25, -0.2) is 4.79 Å². The van der Waals surface area contributed by atoms with Gasteiger partial charge in [-0.3, -0.25) is 4.98 Å². The van der Waals surface area contributed by atoms with Crippen LogP contribution in [0.25, 0.3) is 0 Å². The minimum Gasteiger partial charge on any atom is -0.493 e. The van der Waals surface area contributed by atoms with Crippen LogP contribution < -0.4 is 14.8 Å². The molecule has 6 heteroatoms. The molecule has 0 aliphatic carbocycles. The van der Waals surface area contributed by atoms with Crippen molar-refractivity contribution in [2.45, 2.75) is 18.8 Å². The number of aromatic nitrogens is 1. The van der Waals surface area contributed by atoms with Crippen LogP contribution in [0.4, 0.5) is 4.79 Å². The highest BCUT2D eigenvalue weighted by Gasteiger charge is 2.26. The van der Waals surface area contributed by atoms with Crippen LogP contribution in [-0.4, -0.2) is 49.8 Å². The molecule has 0 saturated carbocycles. The summed E-state index contributed by atoms with van der Waals surface area (Å²) in [6, 6.07) is 9.88. The molecule has 138 valence electrons. The number of urea groups is 1. The van der Waals surface area contributed by atoms with Gasteiger partial charge in [-0.15, -0.1) is 0 Å². The maximum absolute atomic E-state index is 12.4. The van der Waals surface area contributed by atoms with Crippen LogP contribution in [0.3, 0.4) is 0 Å². The Kier molecular flexibility index (Phi) is 5.94. The van der Waals surface area contributed by atoms with E-state index in [-0.39, 0.29) is 6.03 Å². The second-order valence-corrected chi connectivity index (χ2v) is 6.38. The highest BCUT2D eigenvalue weighted by Crippen LogP contribution is 2.28. The Morgan fingerprint density at radius 1 is 1.19 bits per heavy atom. The molecule has 0 spiro atoms. The SMILES string of the molecule is COc1ccc(CCNC(=O)N2CCC(c3ccncc3)C2)cc1OC. The van der Waals surface area contributed by atoms with E-state index in [9.17, 15) is 4.79 Å². The minimum atomic E-state index is 0.00188. The first-order chi connectivity index (χ1) is 12.7. The van der Waals surface area contributed by atoms with E-state index >= 15 is 0 Å². The summed E-state index contributed by atoms with van der Waals surface area (Å²) in [5.74, 6) is 1.81. The summed E-state index contributed by atoms with van der Waals surface area (Å²) in [6.07, 6.45) is 5.35. The number of benzene rings is 1. The standard InChI is InChI=1S/C20H25N3O3/c1-25-18-4-3-15(13-19(18)26-2)5-11-22-20(24)23-12-8-17(14-23)16-6-9-21-10-7-16/h3-4,6-7,9-10,13,17H,5,8,11-12,14H2,1-2H3,(H,22,24). The van der Waals surface area contributed by atoms with E-state index in [1.54, 1.807) is 26.6 Å². The van der Waals surface area contributed by atoms with Gasteiger partial charge in [-0.1, -0.05) is 6.07 Å². The first-order valence-corrected chi connectivity index (χ1v) is 8.85. The number of pyridine rings is 1. The van der Waals surface area contributed by atoms with E-state index in [0.717, 1.165) is 31.5 Å². The third kappa shape index (κ3) is 4.25. The first kappa shape index (κ1) is 18.0. The lowest BCUT2D eigenvalue weighted by Gasteiger charge is -2.17. The van der Waals surface area contributed by atoms with Crippen molar-refractivity contribution in [3.63, 3.8) is 0 Å². The van der Waals surface area contributed by atoms with Crippen LogP contribution in [0.5, 0.6) is 11.5 Å². The van der Waals surface area contributed by atoms with Gasteiger partial charge in [0.25, 0.3) is 0 Å². The number of amides is 2. The normalized spacial score (nSPS) is 16.4. The zero-order valence-corrected chi connectivity index (χ0v) is 15.3. The number of hydrogen-bond donors (Lipinski definition) is 1. The van der Waals surface area contributed by atoms with Crippen LogP contribution in [0.1, 0.15) is 23.5 Å². The predicted molar refractivity (Wildman–Crippen MR) is 99.8 cm³/mol. The predicted octanol–water partition coefficient (Wildman–Crippen LogP) is 2.84. The lowest BCUT2D eigenvalue weighted by molar-refractivity contribution is 0.208. The molecule has 6 nitrogen and oxygen atoms in total. The van der Waals surface area contributed by atoms with E-state index in [0.29, 0.717) is 24.0 Å². The molecule has 0 radical (unpaired) electrons. The van der Waals surface area contributed by atoms with E-state index in [1.165, 1.54) is 5.56 Å². The van der Waals surface area contributed by atoms with Crippen molar-refractivity contribution in [1.29, 1.82) is 0 Å². The molecule has 1 saturated heterocycles. The number of carbonyl (C=O) groups is 1. The van der Waals surface area contributed by atoms with Gasteiger partial charge in [0.1, 0.15) is 0 Å². The molecule has 1 atom stereocenters. The summed E-state index contributed by atoms with van der Waals surface area (Å²) < 4.78 is 10.6. The summed E-state index contributed by atoms with van der Waals surface area (Å²) in [4.78, 5) is 18.3. The number of methoxy groups -OCH3 is 2. The number of likely N-dealkylation sites (tertiary alicyclic amines) is 1. The van der Waals surface area contributed by atoms with E-state index in [1.807, 2.05) is 35.2 Å². The molecule has 26 heavy (non-hydrogen) atoms. The Hall–Kier alpha value is -2.76. The fourth-order valence-corrected chi connectivity index (χ4v) is 3.31. The Labute approximate surface area is 154 Å². The van der Waals surface area contributed by atoms with Crippen molar-refractivity contribution >= 4 is 6.03 Å². The molecular formula is C20H25N3O3. The largest absolute Gasteiger partial charge is 0.493 e. The van der Waals surface area contributed by atoms with E-state index in [2.05, 4.69) is 10.3 Å². The van der Waals surface area contributed by atoms with Crippen molar-refractivity contribution in [2.75, 3.05) is 33.9 Å². The second kappa shape index (κ2) is 8.56. The molecule has 1 unspecified atom stereocenters. The maximum Gasteiger partial charge on any atom is 0.317 e. The molecule has 1 aromatic heterocycles. The van der Waals surface area contributed by atoms with Crippen molar-refractivity contribution in [2.24, 2.45) is 0 Å². The Bertz CT molecular complexity index is 736. The number of hydrogen-bond acceptors (Lipinski definition) is 4. The molecule has 3 rings (SSSR count). The third-order valence-corrected chi connectivity index (χ3v) is 4.79. The molecule has 1 fully saturated rings. The summed E-state index contributed by atoms with van der Waals surface area (Å²) in [6.45, 7) is 2.13. The van der Waals surface area contributed by atoms with Gasteiger partial charge in [-0.05, 0) is 48.2 Å². The van der Waals surface area contributed by atoms with Gasteiger partial charge >= 0.3 is 6.03 Å². The minimum absolute atomic E-state index is 0.00188. The third-order valence-electron chi connectivity index (χ3n) is 4.79.